The molecule has 9 nitrogen and oxygen atoms in total. The van der Waals surface area contributed by atoms with Crippen molar-refractivity contribution in [3.05, 3.63) is 42.0 Å². The molecule has 33 heavy (non-hydrogen) atoms. The van der Waals surface area contributed by atoms with E-state index in [1.54, 1.807) is 19.2 Å². The Morgan fingerprint density at radius 1 is 1.15 bits per heavy atom. The van der Waals surface area contributed by atoms with E-state index in [-0.39, 0.29) is 12.4 Å². The highest BCUT2D eigenvalue weighted by atomic mass is 16.5. The van der Waals surface area contributed by atoms with E-state index in [4.69, 9.17) is 23.7 Å². The monoisotopic (exact) mass is 455 g/mol. The maximum absolute atomic E-state index is 11.6. The van der Waals surface area contributed by atoms with Crippen LogP contribution in [-0.2, 0) is 20.7 Å². The lowest BCUT2D eigenvalue weighted by Crippen LogP contribution is -2.37. The highest BCUT2D eigenvalue weighted by Gasteiger charge is 2.16. The fraction of sp³-hybridized carbons (Fsp3) is 0.417. The van der Waals surface area contributed by atoms with Crippen molar-refractivity contribution in [2.75, 3.05) is 53.7 Å². The molecule has 0 radical (unpaired) electrons. The van der Waals surface area contributed by atoms with Gasteiger partial charge in [0.2, 0.25) is 5.88 Å². The van der Waals surface area contributed by atoms with Crippen LogP contribution in [0.15, 0.2) is 36.4 Å². The predicted molar refractivity (Wildman–Crippen MR) is 122 cm³/mol. The molecule has 1 saturated heterocycles. The van der Waals surface area contributed by atoms with Crippen molar-refractivity contribution in [1.29, 1.82) is 0 Å². The number of rotatable bonds is 10. The average Bonchev–Trinajstić information content (AvgIpc) is 3.24. The first-order chi connectivity index (χ1) is 16.2. The molecule has 0 saturated carbocycles. The van der Waals surface area contributed by atoms with E-state index in [1.165, 1.54) is 7.11 Å². The van der Waals surface area contributed by atoms with Gasteiger partial charge in [0.1, 0.15) is 22.6 Å². The summed E-state index contributed by atoms with van der Waals surface area (Å²) in [6.07, 6.45) is 1.10. The van der Waals surface area contributed by atoms with Gasteiger partial charge in [-0.05, 0) is 24.1 Å². The first-order valence-corrected chi connectivity index (χ1v) is 11.0. The first kappa shape index (κ1) is 22.9. The molecule has 4 rings (SSSR count). The van der Waals surface area contributed by atoms with Crippen LogP contribution in [0.25, 0.3) is 10.9 Å². The number of methoxy groups -OCH3 is 2. The lowest BCUT2D eigenvalue weighted by molar-refractivity contribution is -0.139. The van der Waals surface area contributed by atoms with E-state index in [0.717, 1.165) is 55.7 Å². The minimum absolute atomic E-state index is 0.171. The Morgan fingerprint density at radius 2 is 2.00 bits per heavy atom. The minimum atomic E-state index is -0.309. The van der Waals surface area contributed by atoms with Gasteiger partial charge in [0.15, 0.2) is 0 Å². The second-order valence-electron chi connectivity index (χ2n) is 7.74. The fourth-order valence-electron chi connectivity index (χ4n) is 3.76. The number of ether oxygens (including phenoxy) is 5. The zero-order chi connectivity index (χ0) is 23.0. The molecule has 2 heterocycles. The van der Waals surface area contributed by atoms with E-state index in [1.807, 2.05) is 24.3 Å². The number of H-pyrrole nitrogens is 1. The van der Waals surface area contributed by atoms with Crippen LogP contribution in [-0.4, -0.2) is 74.7 Å². The number of hydrogen-bond acceptors (Lipinski definition) is 8. The normalized spacial score (nSPS) is 14.2. The standard InChI is InChI=1S/C24H29N3O6/c1-29-21-16-19(32-10-4-7-27-8-11-31-12-9-27)15-20-23(21)24(26-25-20)33-18-6-3-5-17(13-18)14-22(28)30-2/h3,5-6,13,15-16H,4,7-12,14H2,1-2H3,(H,25,26). The van der Waals surface area contributed by atoms with E-state index in [0.29, 0.717) is 29.7 Å². The van der Waals surface area contributed by atoms with Gasteiger partial charge in [0.05, 0.1) is 46.0 Å². The molecular weight excluding hydrogens is 426 g/mol. The third kappa shape index (κ3) is 5.94. The molecule has 9 heteroatoms. The third-order valence-corrected chi connectivity index (χ3v) is 5.47. The molecule has 1 aromatic heterocycles. The highest BCUT2D eigenvalue weighted by Crippen LogP contribution is 2.37. The number of aromatic amines is 1. The van der Waals surface area contributed by atoms with Gasteiger partial charge >= 0.3 is 5.97 Å². The molecule has 0 bridgehead atoms. The van der Waals surface area contributed by atoms with Crippen molar-refractivity contribution in [3.63, 3.8) is 0 Å². The summed E-state index contributed by atoms with van der Waals surface area (Å²) in [5, 5.41) is 8.02. The van der Waals surface area contributed by atoms with E-state index < -0.39 is 0 Å². The minimum Gasteiger partial charge on any atom is -0.496 e. The number of morpholine rings is 1. The van der Waals surface area contributed by atoms with Gasteiger partial charge in [-0.25, -0.2) is 0 Å². The summed E-state index contributed by atoms with van der Waals surface area (Å²) in [6.45, 7) is 5.14. The molecule has 0 atom stereocenters. The Kier molecular flexibility index (Phi) is 7.64. The van der Waals surface area contributed by atoms with E-state index in [9.17, 15) is 4.79 Å². The third-order valence-electron chi connectivity index (χ3n) is 5.47. The van der Waals surface area contributed by atoms with Crippen LogP contribution >= 0.6 is 0 Å². The highest BCUT2D eigenvalue weighted by molar-refractivity contribution is 5.91. The van der Waals surface area contributed by atoms with Gasteiger partial charge < -0.3 is 23.7 Å². The molecule has 0 amide bonds. The summed E-state index contributed by atoms with van der Waals surface area (Å²) >= 11 is 0. The number of esters is 1. The molecular formula is C24H29N3O6. The number of carbonyl (C=O) groups is 1. The number of nitrogens with zero attached hydrogens (tertiary/aromatic N) is 2. The Labute approximate surface area is 192 Å². The van der Waals surface area contributed by atoms with Crippen LogP contribution in [0.5, 0.6) is 23.1 Å². The number of benzene rings is 2. The summed E-state index contributed by atoms with van der Waals surface area (Å²) in [7, 11) is 2.97. The quantitative estimate of drug-likeness (QED) is 0.368. The van der Waals surface area contributed by atoms with Gasteiger partial charge in [-0.1, -0.05) is 12.1 Å². The van der Waals surface area contributed by atoms with E-state index >= 15 is 0 Å². The fourth-order valence-corrected chi connectivity index (χ4v) is 3.76. The lowest BCUT2D eigenvalue weighted by atomic mass is 10.1. The lowest BCUT2D eigenvalue weighted by Gasteiger charge is -2.26. The van der Waals surface area contributed by atoms with Gasteiger partial charge in [0.25, 0.3) is 0 Å². The van der Waals surface area contributed by atoms with Crippen molar-refractivity contribution in [1.82, 2.24) is 15.1 Å². The number of carbonyl (C=O) groups excluding carboxylic acids is 1. The van der Waals surface area contributed by atoms with Gasteiger partial charge in [0, 0.05) is 31.8 Å². The SMILES string of the molecule is COC(=O)Cc1cccc(Oc2n[nH]c3cc(OCCCN4CCOCC4)cc(OC)c23)c1. The number of hydrogen-bond donors (Lipinski definition) is 1. The summed E-state index contributed by atoms with van der Waals surface area (Å²) in [6, 6.07) is 11.0. The van der Waals surface area contributed by atoms with Crippen LogP contribution < -0.4 is 14.2 Å². The molecule has 1 aliphatic heterocycles. The maximum Gasteiger partial charge on any atom is 0.309 e. The van der Waals surface area contributed by atoms with Crippen molar-refractivity contribution in [3.8, 4) is 23.1 Å². The summed E-state index contributed by atoms with van der Waals surface area (Å²) in [5.41, 5.74) is 1.54. The zero-order valence-corrected chi connectivity index (χ0v) is 19.0. The van der Waals surface area contributed by atoms with Crippen molar-refractivity contribution >= 4 is 16.9 Å². The molecule has 176 valence electrons. The maximum atomic E-state index is 11.6. The molecule has 0 spiro atoms. The van der Waals surface area contributed by atoms with Gasteiger partial charge in [-0.3, -0.25) is 14.8 Å². The number of aromatic nitrogens is 2. The Hall–Kier alpha value is -3.30. The van der Waals surface area contributed by atoms with Crippen molar-refractivity contribution in [2.45, 2.75) is 12.8 Å². The smallest absolute Gasteiger partial charge is 0.309 e. The van der Waals surface area contributed by atoms with Gasteiger partial charge in [-0.2, -0.15) is 0 Å². The first-order valence-electron chi connectivity index (χ1n) is 11.0. The molecule has 1 fully saturated rings. The van der Waals surface area contributed by atoms with Crippen LogP contribution in [0, 0.1) is 0 Å². The summed E-state index contributed by atoms with van der Waals surface area (Å²) in [4.78, 5) is 13.9. The number of nitrogens with one attached hydrogen (secondary N) is 1. The molecule has 3 aromatic rings. The molecule has 1 N–H and O–H groups in total. The molecule has 2 aromatic carbocycles. The van der Waals surface area contributed by atoms with Crippen LogP contribution in [0.2, 0.25) is 0 Å². The number of fused-ring (bicyclic) bond motifs is 1. The summed E-state index contributed by atoms with van der Waals surface area (Å²) in [5.74, 6) is 1.95. The van der Waals surface area contributed by atoms with Gasteiger partial charge in [-0.15, -0.1) is 5.10 Å². The topological polar surface area (TPSA) is 95.1 Å². The molecule has 1 aliphatic rings. The predicted octanol–water partition coefficient (Wildman–Crippen LogP) is 3.18. The average molecular weight is 456 g/mol. The second-order valence-corrected chi connectivity index (χ2v) is 7.74. The summed E-state index contributed by atoms with van der Waals surface area (Å²) < 4.78 is 27.7. The molecule has 0 aliphatic carbocycles. The van der Waals surface area contributed by atoms with Crippen LogP contribution in [0.1, 0.15) is 12.0 Å². The Morgan fingerprint density at radius 3 is 2.79 bits per heavy atom. The molecule has 0 unspecified atom stereocenters. The van der Waals surface area contributed by atoms with Crippen LogP contribution in [0.3, 0.4) is 0 Å². The van der Waals surface area contributed by atoms with Crippen molar-refractivity contribution < 1.29 is 28.5 Å². The van der Waals surface area contributed by atoms with Crippen LogP contribution in [0.4, 0.5) is 0 Å². The largest absolute Gasteiger partial charge is 0.496 e. The second kappa shape index (κ2) is 11.0. The van der Waals surface area contributed by atoms with Crippen molar-refractivity contribution in [2.24, 2.45) is 0 Å². The Bertz CT molecular complexity index is 1080. The Balaban J connectivity index is 1.43. The zero-order valence-electron chi connectivity index (χ0n) is 19.0. The van der Waals surface area contributed by atoms with E-state index in [2.05, 4.69) is 15.1 Å².